The summed E-state index contributed by atoms with van der Waals surface area (Å²) in [5, 5.41) is -0.308. The summed E-state index contributed by atoms with van der Waals surface area (Å²) < 4.78 is 77.7. The standard InChI is InChI=1S/C9H4F6N2S/c10-7(11)4-5(8(12,13)9(7,14)15)18-6-16-2-1-3-17-6/h1-4H. The fourth-order valence-corrected chi connectivity index (χ4v) is 2.13. The zero-order chi connectivity index (χ0) is 13.6. The third kappa shape index (κ3) is 1.76. The summed E-state index contributed by atoms with van der Waals surface area (Å²) in [4.78, 5) is 5.53. The van der Waals surface area contributed by atoms with E-state index in [-0.39, 0.29) is 16.9 Å². The monoisotopic (exact) mass is 286 g/mol. The number of hydrogen-bond acceptors (Lipinski definition) is 3. The predicted octanol–water partition coefficient (Wildman–Crippen LogP) is 3.37. The minimum Gasteiger partial charge on any atom is -0.231 e. The van der Waals surface area contributed by atoms with Crippen molar-refractivity contribution in [2.45, 2.75) is 22.9 Å². The molecule has 1 aromatic heterocycles. The average molecular weight is 286 g/mol. The molecule has 1 aliphatic carbocycles. The minimum absolute atomic E-state index is 0.00838. The van der Waals surface area contributed by atoms with E-state index in [1.54, 1.807) is 0 Å². The van der Waals surface area contributed by atoms with Crippen molar-refractivity contribution in [2.75, 3.05) is 0 Å². The van der Waals surface area contributed by atoms with E-state index in [4.69, 9.17) is 0 Å². The van der Waals surface area contributed by atoms with Crippen molar-refractivity contribution in [1.82, 2.24) is 9.97 Å². The molecule has 2 rings (SSSR count). The number of allylic oxidation sites excluding steroid dienone is 2. The lowest BCUT2D eigenvalue weighted by molar-refractivity contribution is -0.260. The van der Waals surface area contributed by atoms with Crippen molar-refractivity contribution < 1.29 is 26.3 Å². The first-order valence-corrected chi connectivity index (χ1v) is 5.32. The number of aromatic nitrogens is 2. The highest BCUT2D eigenvalue weighted by Gasteiger charge is 2.77. The van der Waals surface area contributed by atoms with Crippen LogP contribution in [-0.2, 0) is 0 Å². The summed E-state index contributed by atoms with van der Waals surface area (Å²) in [7, 11) is 0. The molecule has 2 nitrogen and oxygen atoms in total. The molecule has 1 aliphatic rings. The molecule has 0 aromatic carbocycles. The Morgan fingerprint density at radius 3 is 1.94 bits per heavy atom. The van der Waals surface area contributed by atoms with Crippen molar-refractivity contribution in [3.8, 4) is 0 Å². The van der Waals surface area contributed by atoms with Crippen molar-refractivity contribution in [3.63, 3.8) is 0 Å². The van der Waals surface area contributed by atoms with Crippen LogP contribution in [0.4, 0.5) is 26.3 Å². The molecule has 0 atom stereocenters. The zero-order valence-electron chi connectivity index (χ0n) is 8.38. The van der Waals surface area contributed by atoms with E-state index in [2.05, 4.69) is 9.97 Å². The van der Waals surface area contributed by atoms with Crippen molar-refractivity contribution in [3.05, 3.63) is 29.4 Å². The van der Waals surface area contributed by atoms with Crippen LogP contribution in [-0.4, -0.2) is 27.7 Å². The van der Waals surface area contributed by atoms with Crippen LogP contribution in [0.2, 0.25) is 0 Å². The van der Waals surface area contributed by atoms with Gasteiger partial charge in [0.2, 0.25) is 0 Å². The second-order valence-corrected chi connectivity index (χ2v) is 4.42. The van der Waals surface area contributed by atoms with Gasteiger partial charge in [0.05, 0.1) is 4.91 Å². The highest BCUT2D eigenvalue weighted by Crippen LogP contribution is 2.58. The van der Waals surface area contributed by atoms with Gasteiger partial charge < -0.3 is 0 Å². The van der Waals surface area contributed by atoms with Crippen LogP contribution in [0.25, 0.3) is 0 Å². The Morgan fingerprint density at radius 2 is 1.50 bits per heavy atom. The van der Waals surface area contributed by atoms with E-state index in [0.717, 1.165) is 0 Å². The smallest absolute Gasteiger partial charge is 0.231 e. The number of hydrogen-bond donors (Lipinski definition) is 0. The van der Waals surface area contributed by atoms with E-state index in [1.807, 2.05) is 0 Å². The van der Waals surface area contributed by atoms with Crippen LogP contribution in [0.1, 0.15) is 0 Å². The van der Waals surface area contributed by atoms with Gasteiger partial charge in [-0.3, -0.25) is 0 Å². The van der Waals surface area contributed by atoms with Crippen LogP contribution >= 0.6 is 11.8 Å². The Morgan fingerprint density at radius 1 is 0.944 bits per heavy atom. The molecular formula is C9H4F6N2S. The maximum atomic E-state index is 13.2. The summed E-state index contributed by atoms with van der Waals surface area (Å²) in [5.74, 6) is -15.3. The summed E-state index contributed by atoms with van der Waals surface area (Å²) >= 11 is -0.00838. The van der Waals surface area contributed by atoms with Gasteiger partial charge in [-0.1, -0.05) is 0 Å². The van der Waals surface area contributed by atoms with Gasteiger partial charge in [0.15, 0.2) is 5.16 Å². The maximum Gasteiger partial charge on any atom is 0.380 e. The van der Waals surface area contributed by atoms with Gasteiger partial charge in [0.25, 0.3) is 0 Å². The summed E-state index contributed by atoms with van der Waals surface area (Å²) in [6.45, 7) is 0. The molecule has 0 unspecified atom stereocenters. The molecule has 0 amide bonds. The van der Waals surface area contributed by atoms with Crippen molar-refractivity contribution >= 4 is 11.8 Å². The van der Waals surface area contributed by atoms with Gasteiger partial charge >= 0.3 is 17.8 Å². The molecule has 0 aliphatic heterocycles. The first-order valence-electron chi connectivity index (χ1n) is 4.50. The summed E-state index contributed by atoms with van der Waals surface area (Å²) in [5.41, 5.74) is 0. The molecule has 0 spiro atoms. The molecule has 98 valence electrons. The molecule has 1 aromatic rings. The Labute approximate surface area is 101 Å². The van der Waals surface area contributed by atoms with E-state index >= 15 is 0 Å². The molecule has 18 heavy (non-hydrogen) atoms. The Balaban J connectivity index is 2.35. The van der Waals surface area contributed by atoms with Gasteiger partial charge in [-0.2, -0.15) is 26.3 Å². The quantitative estimate of drug-likeness (QED) is 0.616. The number of thioether (sulfide) groups is 1. The van der Waals surface area contributed by atoms with Crippen LogP contribution in [0, 0.1) is 0 Å². The Hall–Kier alpha value is -1.25. The van der Waals surface area contributed by atoms with Gasteiger partial charge in [-0.15, -0.1) is 0 Å². The molecular weight excluding hydrogens is 282 g/mol. The van der Waals surface area contributed by atoms with Crippen LogP contribution in [0.5, 0.6) is 0 Å². The highest BCUT2D eigenvalue weighted by atomic mass is 32.2. The Kier molecular flexibility index (Phi) is 2.84. The lowest BCUT2D eigenvalue weighted by Gasteiger charge is -2.24. The summed E-state index contributed by atoms with van der Waals surface area (Å²) in [6.07, 6.45) is 1.92. The number of nitrogens with zero attached hydrogens (tertiary/aromatic N) is 2. The molecule has 0 bridgehead atoms. The highest BCUT2D eigenvalue weighted by molar-refractivity contribution is 8.03. The molecule has 1 heterocycles. The van der Waals surface area contributed by atoms with E-state index in [1.165, 1.54) is 18.5 Å². The number of alkyl halides is 6. The lowest BCUT2D eigenvalue weighted by Crippen LogP contribution is -2.48. The van der Waals surface area contributed by atoms with Crippen LogP contribution in [0.3, 0.4) is 0 Å². The second kappa shape index (κ2) is 3.87. The topological polar surface area (TPSA) is 25.8 Å². The SMILES string of the molecule is FC1(F)C=C(Sc2ncccn2)C(F)(F)C1(F)F. The molecule has 0 saturated carbocycles. The number of halogens is 6. The first-order chi connectivity index (χ1) is 8.18. The molecule has 0 N–H and O–H groups in total. The molecule has 0 radical (unpaired) electrons. The Bertz CT molecular complexity index is 487. The maximum absolute atomic E-state index is 13.2. The van der Waals surface area contributed by atoms with Crippen LogP contribution < -0.4 is 0 Å². The van der Waals surface area contributed by atoms with Gasteiger partial charge in [-0.25, -0.2) is 9.97 Å². The van der Waals surface area contributed by atoms with Gasteiger partial charge in [-0.05, 0) is 17.8 Å². The summed E-state index contributed by atoms with van der Waals surface area (Å²) in [6, 6.07) is 1.37. The fourth-order valence-electron chi connectivity index (χ4n) is 1.24. The first kappa shape index (κ1) is 13.2. The van der Waals surface area contributed by atoms with Crippen molar-refractivity contribution in [2.24, 2.45) is 0 Å². The third-order valence-corrected chi connectivity index (χ3v) is 3.17. The van der Waals surface area contributed by atoms with Crippen molar-refractivity contribution in [1.29, 1.82) is 0 Å². The van der Waals surface area contributed by atoms with E-state index in [9.17, 15) is 26.3 Å². The van der Waals surface area contributed by atoms with E-state index in [0.29, 0.717) is 0 Å². The zero-order valence-corrected chi connectivity index (χ0v) is 9.20. The average Bonchev–Trinajstić information content (AvgIpc) is 2.39. The largest absolute Gasteiger partial charge is 0.380 e. The third-order valence-electron chi connectivity index (χ3n) is 2.18. The molecule has 0 fully saturated rings. The lowest BCUT2D eigenvalue weighted by atomic mass is 10.2. The predicted molar refractivity (Wildman–Crippen MR) is 50.8 cm³/mol. The fraction of sp³-hybridized carbons (Fsp3) is 0.333. The second-order valence-electron chi connectivity index (χ2n) is 3.41. The molecule has 0 saturated heterocycles. The normalized spacial score (nSPS) is 23.8. The van der Waals surface area contributed by atoms with Gasteiger partial charge in [0.1, 0.15) is 0 Å². The molecule has 9 heteroatoms. The van der Waals surface area contributed by atoms with E-state index < -0.39 is 28.7 Å². The van der Waals surface area contributed by atoms with Gasteiger partial charge in [0, 0.05) is 18.5 Å². The van der Waals surface area contributed by atoms with Crippen LogP contribution in [0.15, 0.2) is 34.6 Å². The minimum atomic E-state index is -5.45. The number of rotatable bonds is 2.